The maximum absolute atomic E-state index is 11.3. The van der Waals surface area contributed by atoms with Crippen molar-refractivity contribution in [3.63, 3.8) is 0 Å². The Morgan fingerprint density at radius 2 is 1.81 bits per heavy atom. The summed E-state index contributed by atoms with van der Waals surface area (Å²) in [5.74, 6) is 0.0915. The van der Waals surface area contributed by atoms with Gasteiger partial charge < -0.3 is 25.4 Å². The summed E-state index contributed by atoms with van der Waals surface area (Å²) in [6.45, 7) is 9.89. The van der Waals surface area contributed by atoms with Crippen LogP contribution in [-0.4, -0.2) is 69.5 Å². The van der Waals surface area contributed by atoms with Gasteiger partial charge in [-0.1, -0.05) is 13.8 Å². The molecule has 0 saturated carbocycles. The van der Waals surface area contributed by atoms with Crippen LogP contribution in [0.15, 0.2) is 0 Å². The third kappa shape index (κ3) is 9.03. The summed E-state index contributed by atoms with van der Waals surface area (Å²) < 4.78 is 10.9. The van der Waals surface area contributed by atoms with Gasteiger partial charge in [-0.2, -0.15) is 0 Å². The molecule has 0 aromatic rings. The van der Waals surface area contributed by atoms with Gasteiger partial charge in [0.15, 0.2) is 0 Å². The van der Waals surface area contributed by atoms with Crippen molar-refractivity contribution in [3.8, 4) is 0 Å². The Hall–Kier alpha value is -0.690. The summed E-state index contributed by atoms with van der Waals surface area (Å²) in [5.41, 5.74) is 5.87. The van der Waals surface area contributed by atoms with Gasteiger partial charge in [0.2, 0.25) is 5.91 Å². The van der Waals surface area contributed by atoms with Crippen molar-refractivity contribution < 1.29 is 14.3 Å². The fourth-order valence-corrected chi connectivity index (χ4v) is 2.14. The largest absolute Gasteiger partial charge is 0.378 e. The number of piperidine rings is 1. The quantitative estimate of drug-likeness (QED) is 0.564. The zero-order valence-electron chi connectivity index (χ0n) is 13.5. The molecule has 0 atom stereocenters. The summed E-state index contributed by atoms with van der Waals surface area (Å²) in [6, 6.07) is 0.381. The van der Waals surface area contributed by atoms with E-state index in [-0.39, 0.29) is 11.8 Å². The molecule has 0 aliphatic carbocycles. The number of carbonyl (C=O) groups excluding carboxylic acids is 1. The molecule has 6 nitrogen and oxygen atoms in total. The van der Waals surface area contributed by atoms with Gasteiger partial charge >= 0.3 is 0 Å². The van der Waals surface area contributed by atoms with E-state index in [9.17, 15) is 4.79 Å². The Morgan fingerprint density at radius 3 is 2.43 bits per heavy atom. The Labute approximate surface area is 128 Å². The van der Waals surface area contributed by atoms with E-state index < -0.39 is 0 Å². The molecule has 1 amide bonds. The monoisotopic (exact) mass is 301 g/mol. The van der Waals surface area contributed by atoms with E-state index in [0.717, 1.165) is 39.1 Å². The number of carbonyl (C=O) groups is 1. The third-order valence-corrected chi connectivity index (χ3v) is 3.63. The molecule has 0 spiro atoms. The number of nitrogens with one attached hydrogen (secondary N) is 1. The number of amides is 1. The van der Waals surface area contributed by atoms with Crippen LogP contribution in [0.3, 0.4) is 0 Å². The van der Waals surface area contributed by atoms with Crippen molar-refractivity contribution >= 4 is 5.91 Å². The van der Waals surface area contributed by atoms with Gasteiger partial charge in [0.25, 0.3) is 0 Å². The molecule has 0 bridgehead atoms. The number of rotatable bonds is 10. The number of hydrogen-bond donors (Lipinski definition) is 2. The van der Waals surface area contributed by atoms with Crippen molar-refractivity contribution in [2.24, 2.45) is 11.7 Å². The zero-order chi connectivity index (χ0) is 15.5. The van der Waals surface area contributed by atoms with Crippen LogP contribution in [0.25, 0.3) is 0 Å². The van der Waals surface area contributed by atoms with Gasteiger partial charge in [-0.25, -0.2) is 0 Å². The summed E-state index contributed by atoms with van der Waals surface area (Å²) in [5, 5.41) is 2.81. The number of nitrogens with two attached hydrogens (primary N) is 1. The number of likely N-dealkylation sites (tertiary alicyclic amines) is 1. The second-order valence-electron chi connectivity index (χ2n) is 5.85. The second kappa shape index (κ2) is 11.0. The fourth-order valence-electron chi connectivity index (χ4n) is 2.14. The van der Waals surface area contributed by atoms with Crippen LogP contribution in [0.4, 0.5) is 0 Å². The SMILES string of the molecule is CC(C)C(=O)NCCOCCOCCN1CCC(N)CC1. The lowest BCUT2D eigenvalue weighted by molar-refractivity contribution is -0.124. The molecule has 1 saturated heterocycles. The summed E-state index contributed by atoms with van der Waals surface area (Å²) in [6.07, 6.45) is 2.18. The highest BCUT2D eigenvalue weighted by atomic mass is 16.5. The second-order valence-corrected chi connectivity index (χ2v) is 5.85. The van der Waals surface area contributed by atoms with Gasteiger partial charge in [-0.3, -0.25) is 4.79 Å². The number of ether oxygens (including phenoxy) is 2. The molecule has 6 heteroatoms. The first-order valence-corrected chi connectivity index (χ1v) is 8.00. The lowest BCUT2D eigenvalue weighted by Crippen LogP contribution is -2.41. The molecule has 1 aliphatic rings. The van der Waals surface area contributed by atoms with Gasteiger partial charge in [0.1, 0.15) is 0 Å². The Balaban J connectivity index is 1.81. The third-order valence-electron chi connectivity index (χ3n) is 3.63. The summed E-state index contributed by atoms with van der Waals surface area (Å²) in [4.78, 5) is 13.7. The molecule has 21 heavy (non-hydrogen) atoms. The predicted molar refractivity (Wildman–Crippen MR) is 83.1 cm³/mol. The van der Waals surface area contributed by atoms with E-state index in [1.54, 1.807) is 0 Å². The van der Waals surface area contributed by atoms with E-state index >= 15 is 0 Å². The standard InChI is InChI=1S/C15H31N3O3/c1-13(2)15(19)17-5-9-20-11-12-21-10-8-18-6-3-14(16)4-7-18/h13-14H,3-12,16H2,1-2H3,(H,17,19). The number of nitrogens with zero attached hydrogens (tertiary/aromatic N) is 1. The highest BCUT2D eigenvalue weighted by Gasteiger charge is 2.15. The van der Waals surface area contributed by atoms with Crippen LogP contribution in [0.1, 0.15) is 26.7 Å². The minimum Gasteiger partial charge on any atom is -0.378 e. The van der Waals surface area contributed by atoms with Crippen molar-refractivity contribution in [3.05, 3.63) is 0 Å². The van der Waals surface area contributed by atoms with Crippen molar-refractivity contribution in [1.82, 2.24) is 10.2 Å². The average molecular weight is 301 g/mol. The summed E-state index contributed by atoms with van der Waals surface area (Å²) in [7, 11) is 0. The van der Waals surface area contributed by atoms with Crippen LogP contribution in [0.2, 0.25) is 0 Å². The van der Waals surface area contributed by atoms with Crippen LogP contribution in [0.5, 0.6) is 0 Å². The van der Waals surface area contributed by atoms with E-state index in [1.807, 2.05) is 13.8 Å². The van der Waals surface area contributed by atoms with E-state index in [4.69, 9.17) is 15.2 Å². The first-order valence-electron chi connectivity index (χ1n) is 8.00. The fraction of sp³-hybridized carbons (Fsp3) is 0.933. The molecule has 3 N–H and O–H groups in total. The lowest BCUT2D eigenvalue weighted by Gasteiger charge is -2.29. The van der Waals surface area contributed by atoms with Crippen molar-refractivity contribution in [1.29, 1.82) is 0 Å². The highest BCUT2D eigenvalue weighted by Crippen LogP contribution is 2.07. The first-order chi connectivity index (χ1) is 10.1. The Morgan fingerprint density at radius 1 is 1.19 bits per heavy atom. The van der Waals surface area contributed by atoms with Crippen LogP contribution < -0.4 is 11.1 Å². The van der Waals surface area contributed by atoms with Crippen molar-refractivity contribution in [2.75, 3.05) is 52.6 Å². The van der Waals surface area contributed by atoms with Gasteiger partial charge in [-0.05, 0) is 25.9 Å². The van der Waals surface area contributed by atoms with E-state index in [2.05, 4.69) is 10.2 Å². The maximum atomic E-state index is 11.3. The summed E-state index contributed by atoms with van der Waals surface area (Å²) >= 11 is 0. The van der Waals surface area contributed by atoms with Crippen LogP contribution >= 0.6 is 0 Å². The minimum atomic E-state index is 0.0256. The van der Waals surface area contributed by atoms with Gasteiger partial charge in [0, 0.05) is 25.0 Å². The Bertz CT molecular complexity index is 279. The van der Waals surface area contributed by atoms with E-state index in [0.29, 0.717) is 32.4 Å². The Kier molecular flexibility index (Phi) is 9.58. The molecule has 0 aromatic heterocycles. The molecule has 0 aromatic carbocycles. The van der Waals surface area contributed by atoms with Crippen LogP contribution in [-0.2, 0) is 14.3 Å². The van der Waals surface area contributed by atoms with Crippen LogP contribution in [0, 0.1) is 5.92 Å². The molecule has 1 fully saturated rings. The normalized spacial score (nSPS) is 17.3. The molecular formula is C15H31N3O3. The number of hydrogen-bond acceptors (Lipinski definition) is 5. The van der Waals surface area contributed by atoms with Gasteiger partial charge in [-0.15, -0.1) is 0 Å². The molecule has 1 rings (SSSR count). The average Bonchev–Trinajstić information content (AvgIpc) is 2.47. The highest BCUT2D eigenvalue weighted by molar-refractivity contribution is 5.77. The predicted octanol–water partition coefficient (Wildman–Crippen LogP) is 0.215. The minimum absolute atomic E-state index is 0.0256. The molecule has 1 aliphatic heterocycles. The molecule has 1 heterocycles. The molecule has 0 radical (unpaired) electrons. The first kappa shape index (κ1) is 18.4. The van der Waals surface area contributed by atoms with Gasteiger partial charge in [0.05, 0.1) is 26.4 Å². The van der Waals surface area contributed by atoms with E-state index in [1.165, 1.54) is 0 Å². The lowest BCUT2D eigenvalue weighted by atomic mass is 10.1. The maximum Gasteiger partial charge on any atom is 0.222 e. The molecule has 0 unspecified atom stereocenters. The topological polar surface area (TPSA) is 76.8 Å². The molecule has 124 valence electrons. The smallest absolute Gasteiger partial charge is 0.222 e. The molecular weight excluding hydrogens is 270 g/mol. The zero-order valence-corrected chi connectivity index (χ0v) is 13.5. The van der Waals surface area contributed by atoms with Crippen molar-refractivity contribution in [2.45, 2.75) is 32.7 Å².